The minimum Gasteiger partial charge on any atom is -0.372 e. The van der Waals surface area contributed by atoms with Crippen LogP contribution in [0.2, 0.25) is 0 Å². The van der Waals surface area contributed by atoms with Crippen molar-refractivity contribution in [3.05, 3.63) is 24.3 Å². The number of sulfone groups is 1. The SMILES string of the molecule is CCN(C(=O)Nc1ccccc1N1C[C@H](C)O[C@@H](C)C1)[C@@H](C)CS(C)(=O)=O. The van der Waals surface area contributed by atoms with Crippen LogP contribution in [0.5, 0.6) is 0 Å². The third-order valence-electron chi connectivity index (χ3n) is 4.58. The number of nitrogens with one attached hydrogen (secondary N) is 1. The molecule has 0 bridgehead atoms. The van der Waals surface area contributed by atoms with Crippen LogP contribution in [0.4, 0.5) is 16.2 Å². The summed E-state index contributed by atoms with van der Waals surface area (Å²) in [5.41, 5.74) is 1.66. The quantitative estimate of drug-likeness (QED) is 0.798. The van der Waals surface area contributed by atoms with E-state index in [1.165, 1.54) is 6.26 Å². The predicted molar refractivity (Wildman–Crippen MR) is 109 cm³/mol. The summed E-state index contributed by atoms with van der Waals surface area (Å²) in [6, 6.07) is 6.97. The van der Waals surface area contributed by atoms with Crippen LogP contribution in [0.1, 0.15) is 27.7 Å². The van der Waals surface area contributed by atoms with E-state index in [1.807, 2.05) is 45.0 Å². The van der Waals surface area contributed by atoms with Gasteiger partial charge in [-0.2, -0.15) is 0 Å². The van der Waals surface area contributed by atoms with Crippen molar-refractivity contribution in [3.63, 3.8) is 0 Å². The average Bonchev–Trinajstić information content (AvgIpc) is 2.53. The Balaban J connectivity index is 2.18. The highest BCUT2D eigenvalue weighted by Gasteiger charge is 2.26. The molecule has 2 amide bonds. The van der Waals surface area contributed by atoms with Crippen molar-refractivity contribution in [2.24, 2.45) is 0 Å². The summed E-state index contributed by atoms with van der Waals surface area (Å²) in [5, 5.41) is 2.96. The highest BCUT2D eigenvalue weighted by molar-refractivity contribution is 7.90. The zero-order valence-electron chi connectivity index (χ0n) is 16.8. The second kappa shape index (κ2) is 8.93. The van der Waals surface area contributed by atoms with Crippen molar-refractivity contribution in [1.29, 1.82) is 0 Å². The molecule has 7 nitrogen and oxygen atoms in total. The molecule has 0 spiro atoms. The van der Waals surface area contributed by atoms with Gasteiger partial charge in [-0.3, -0.25) is 0 Å². The van der Waals surface area contributed by atoms with E-state index < -0.39 is 15.9 Å². The molecule has 1 saturated heterocycles. The standard InChI is InChI=1S/C19H31N3O4S/c1-6-22(14(2)13-27(5,24)25)19(23)20-17-9-7-8-10-18(17)21-11-15(3)26-16(4)12-21/h7-10,14-16H,6,11-13H2,1-5H3,(H,20,23)/t14-,15-,16-/m0/s1. The van der Waals surface area contributed by atoms with E-state index in [1.54, 1.807) is 11.8 Å². The van der Waals surface area contributed by atoms with E-state index in [2.05, 4.69) is 10.2 Å². The van der Waals surface area contributed by atoms with Crippen LogP contribution in [-0.4, -0.2) is 69.2 Å². The normalized spacial score (nSPS) is 21.6. The van der Waals surface area contributed by atoms with Crippen molar-refractivity contribution in [2.75, 3.05) is 41.9 Å². The number of anilines is 2. The molecule has 1 heterocycles. The van der Waals surface area contributed by atoms with Gasteiger partial charge in [0.05, 0.1) is 29.3 Å². The molecule has 0 saturated carbocycles. The lowest BCUT2D eigenvalue weighted by Gasteiger charge is -2.38. The molecule has 27 heavy (non-hydrogen) atoms. The molecule has 2 rings (SSSR count). The second-order valence-corrected chi connectivity index (χ2v) is 9.52. The number of hydrogen-bond donors (Lipinski definition) is 1. The van der Waals surface area contributed by atoms with E-state index >= 15 is 0 Å². The molecular weight excluding hydrogens is 366 g/mol. The van der Waals surface area contributed by atoms with E-state index in [-0.39, 0.29) is 24.0 Å². The molecule has 0 unspecified atom stereocenters. The van der Waals surface area contributed by atoms with E-state index in [0.29, 0.717) is 12.2 Å². The summed E-state index contributed by atoms with van der Waals surface area (Å²) in [5.74, 6) is -0.0611. The minimum absolute atomic E-state index is 0.0611. The first kappa shape index (κ1) is 21.5. The summed E-state index contributed by atoms with van der Waals surface area (Å²) < 4.78 is 29.0. The number of rotatable bonds is 6. The Morgan fingerprint density at radius 3 is 2.44 bits per heavy atom. The Labute approximate surface area is 162 Å². The van der Waals surface area contributed by atoms with Gasteiger partial charge >= 0.3 is 6.03 Å². The fraction of sp³-hybridized carbons (Fsp3) is 0.632. The number of morpholine rings is 1. The summed E-state index contributed by atoms with van der Waals surface area (Å²) in [6.45, 7) is 9.59. The van der Waals surface area contributed by atoms with Gasteiger partial charge in [-0.15, -0.1) is 0 Å². The Bertz CT molecular complexity index is 743. The molecule has 3 atom stereocenters. The van der Waals surface area contributed by atoms with Gasteiger partial charge in [0.25, 0.3) is 0 Å². The van der Waals surface area contributed by atoms with Crippen LogP contribution in [0.15, 0.2) is 24.3 Å². The number of hydrogen-bond acceptors (Lipinski definition) is 5. The molecule has 0 radical (unpaired) electrons. The number of benzene rings is 1. The molecular formula is C19H31N3O4S. The number of nitrogens with zero attached hydrogens (tertiary/aromatic N) is 2. The van der Waals surface area contributed by atoms with Gasteiger partial charge in [0.15, 0.2) is 0 Å². The maximum Gasteiger partial charge on any atom is 0.322 e. The number of carbonyl (C=O) groups excluding carboxylic acids is 1. The van der Waals surface area contributed by atoms with Crippen LogP contribution in [0.25, 0.3) is 0 Å². The van der Waals surface area contributed by atoms with Crippen molar-refractivity contribution in [2.45, 2.75) is 45.9 Å². The average molecular weight is 398 g/mol. The van der Waals surface area contributed by atoms with Gasteiger partial charge in [-0.1, -0.05) is 12.1 Å². The maximum absolute atomic E-state index is 12.8. The molecule has 1 N–H and O–H groups in total. The van der Waals surface area contributed by atoms with Crippen molar-refractivity contribution in [1.82, 2.24) is 4.90 Å². The topological polar surface area (TPSA) is 79.0 Å². The fourth-order valence-electron chi connectivity index (χ4n) is 3.60. The molecule has 1 aromatic rings. The van der Waals surface area contributed by atoms with Crippen molar-refractivity contribution < 1.29 is 17.9 Å². The highest BCUT2D eigenvalue weighted by Crippen LogP contribution is 2.29. The predicted octanol–water partition coefficient (Wildman–Crippen LogP) is 2.59. The van der Waals surface area contributed by atoms with Crippen molar-refractivity contribution in [3.8, 4) is 0 Å². The van der Waals surface area contributed by atoms with Crippen molar-refractivity contribution >= 4 is 27.2 Å². The molecule has 0 aromatic heterocycles. The van der Waals surface area contributed by atoms with Gasteiger partial charge in [-0.25, -0.2) is 13.2 Å². The third-order valence-corrected chi connectivity index (χ3v) is 5.67. The Hall–Kier alpha value is -1.80. The van der Waals surface area contributed by atoms with Gasteiger partial charge in [-0.05, 0) is 39.8 Å². The van der Waals surface area contributed by atoms with Crippen LogP contribution < -0.4 is 10.2 Å². The Morgan fingerprint density at radius 2 is 1.89 bits per heavy atom. The van der Waals surface area contributed by atoms with E-state index in [4.69, 9.17) is 4.74 Å². The molecule has 152 valence electrons. The molecule has 1 fully saturated rings. The zero-order valence-corrected chi connectivity index (χ0v) is 17.6. The number of para-hydroxylation sites is 2. The molecule has 0 aliphatic carbocycles. The van der Waals surface area contributed by atoms with E-state index in [0.717, 1.165) is 18.8 Å². The Kier molecular flexibility index (Phi) is 7.11. The lowest BCUT2D eigenvalue weighted by atomic mass is 10.1. The first-order chi connectivity index (χ1) is 12.6. The fourth-order valence-corrected chi connectivity index (χ4v) is 4.66. The number of urea groups is 1. The lowest BCUT2D eigenvalue weighted by Crippen LogP contribution is -2.46. The van der Waals surface area contributed by atoms with Gasteiger partial charge in [0.1, 0.15) is 9.84 Å². The van der Waals surface area contributed by atoms with E-state index in [9.17, 15) is 13.2 Å². The number of amides is 2. The Morgan fingerprint density at radius 1 is 1.30 bits per heavy atom. The minimum atomic E-state index is -3.17. The molecule has 1 aliphatic heterocycles. The highest BCUT2D eigenvalue weighted by atomic mass is 32.2. The summed E-state index contributed by atoms with van der Waals surface area (Å²) in [6.07, 6.45) is 1.41. The van der Waals surface area contributed by atoms with Crippen LogP contribution >= 0.6 is 0 Å². The zero-order chi connectivity index (χ0) is 20.2. The van der Waals surface area contributed by atoms with Gasteiger partial charge in [0, 0.05) is 31.9 Å². The first-order valence-corrected chi connectivity index (χ1v) is 11.4. The smallest absolute Gasteiger partial charge is 0.322 e. The van der Waals surface area contributed by atoms with Crippen LogP contribution in [-0.2, 0) is 14.6 Å². The van der Waals surface area contributed by atoms with Crippen LogP contribution in [0, 0.1) is 0 Å². The largest absolute Gasteiger partial charge is 0.372 e. The summed E-state index contributed by atoms with van der Waals surface area (Å²) in [7, 11) is -3.17. The number of carbonyl (C=O) groups is 1. The third kappa shape index (κ3) is 6.10. The summed E-state index contributed by atoms with van der Waals surface area (Å²) >= 11 is 0. The maximum atomic E-state index is 12.8. The molecule has 1 aliphatic rings. The molecule has 8 heteroatoms. The number of ether oxygens (including phenoxy) is 1. The first-order valence-electron chi connectivity index (χ1n) is 9.35. The lowest BCUT2D eigenvalue weighted by molar-refractivity contribution is -0.00517. The monoisotopic (exact) mass is 397 g/mol. The van der Waals surface area contributed by atoms with Gasteiger partial charge in [0.2, 0.25) is 0 Å². The van der Waals surface area contributed by atoms with Crippen LogP contribution in [0.3, 0.4) is 0 Å². The second-order valence-electron chi connectivity index (χ2n) is 7.34. The molecule has 1 aromatic carbocycles. The van der Waals surface area contributed by atoms with Gasteiger partial charge < -0.3 is 19.9 Å². The summed E-state index contributed by atoms with van der Waals surface area (Å²) in [4.78, 5) is 16.6.